The Bertz CT molecular complexity index is 449. The molecule has 0 spiro atoms. The molecule has 1 amide bonds. The molecule has 2 rings (SSSR count). The van der Waals surface area contributed by atoms with Crippen LogP contribution in [0.4, 0.5) is 0 Å². The van der Waals surface area contributed by atoms with Crippen LogP contribution in [0.1, 0.15) is 24.5 Å². The average Bonchev–Trinajstić information content (AvgIpc) is 2.27. The van der Waals surface area contributed by atoms with E-state index in [0.29, 0.717) is 0 Å². The molecular formula is C13H15NO2. The quantitative estimate of drug-likeness (QED) is 0.824. The van der Waals surface area contributed by atoms with E-state index in [4.69, 9.17) is 4.74 Å². The van der Waals surface area contributed by atoms with Crippen LogP contribution in [0.15, 0.2) is 23.9 Å². The van der Waals surface area contributed by atoms with E-state index in [9.17, 15) is 4.79 Å². The maximum atomic E-state index is 11.0. The van der Waals surface area contributed by atoms with Crippen molar-refractivity contribution in [2.45, 2.75) is 19.8 Å². The minimum absolute atomic E-state index is 0.0161. The van der Waals surface area contributed by atoms with Crippen molar-refractivity contribution in [3.05, 3.63) is 35.0 Å². The summed E-state index contributed by atoms with van der Waals surface area (Å²) in [7, 11) is 1.68. The lowest BCUT2D eigenvalue weighted by Gasteiger charge is -2.18. The molecule has 1 aromatic rings. The summed E-state index contributed by atoms with van der Waals surface area (Å²) in [6.45, 7) is 1.53. The smallest absolute Gasteiger partial charge is 0.220 e. The van der Waals surface area contributed by atoms with Gasteiger partial charge in [-0.2, -0.15) is 0 Å². The largest absolute Gasteiger partial charge is 0.496 e. The molecule has 3 heteroatoms. The van der Waals surface area contributed by atoms with Crippen LogP contribution in [0.2, 0.25) is 0 Å². The topological polar surface area (TPSA) is 38.3 Å². The highest BCUT2D eigenvalue weighted by atomic mass is 16.5. The first kappa shape index (κ1) is 10.7. The molecule has 0 aliphatic heterocycles. The van der Waals surface area contributed by atoms with E-state index in [1.165, 1.54) is 12.5 Å². The fraction of sp³-hybridized carbons (Fsp3) is 0.308. The first-order chi connectivity index (χ1) is 7.70. The standard InChI is InChI=1S/C13H15NO2/c1-9(15)14-11-6-7-12-10(8-11)4-3-5-13(12)16-2/h3-5,8H,6-7H2,1-2H3,(H,14,15). The number of rotatable bonds is 2. The Morgan fingerprint density at radius 2 is 2.19 bits per heavy atom. The molecule has 0 radical (unpaired) electrons. The summed E-state index contributed by atoms with van der Waals surface area (Å²) in [5.74, 6) is 0.910. The van der Waals surface area contributed by atoms with Crippen molar-refractivity contribution in [1.82, 2.24) is 5.32 Å². The fourth-order valence-corrected chi connectivity index (χ4v) is 2.02. The molecule has 1 aliphatic carbocycles. The van der Waals surface area contributed by atoms with Crippen LogP contribution in [0, 0.1) is 0 Å². The number of carbonyl (C=O) groups excluding carboxylic acids is 1. The summed E-state index contributed by atoms with van der Waals surface area (Å²) < 4.78 is 5.31. The van der Waals surface area contributed by atoms with Gasteiger partial charge in [0.1, 0.15) is 5.75 Å². The molecule has 0 aromatic heterocycles. The molecular weight excluding hydrogens is 202 g/mol. The van der Waals surface area contributed by atoms with Gasteiger partial charge < -0.3 is 10.1 Å². The van der Waals surface area contributed by atoms with Gasteiger partial charge in [0.25, 0.3) is 0 Å². The monoisotopic (exact) mass is 217 g/mol. The second kappa shape index (κ2) is 4.39. The number of amides is 1. The zero-order valence-electron chi connectivity index (χ0n) is 9.54. The normalized spacial score (nSPS) is 13.8. The van der Waals surface area contributed by atoms with Crippen LogP contribution in [0.25, 0.3) is 6.08 Å². The summed E-state index contributed by atoms with van der Waals surface area (Å²) in [5, 5.41) is 2.84. The first-order valence-electron chi connectivity index (χ1n) is 5.34. The molecule has 0 saturated heterocycles. The van der Waals surface area contributed by atoms with Crippen LogP contribution in [0.3, 0.4) is 0 Å². The van der Waals surface area contributed by atoms with Gasteiger partial charge in [-0.05, 0) is 30.5 Å². The average molecular weight is 217 g/mol. The number of fused-ring (bicyclic) bond motifs is 1. The molecule has 0 saturated carbocycles. The highest BCUT2D eigenvalue weighted by Gasteiger charge is 2.14. The predicted octanol–water partition coefficient (Wildman–Crippen LogP) is 2.12. The first-order valence-corrected chi connectivity index (χ1v) is 5.34. The minimum Gasteiger partial charge on any atom is -0.496 e. The van der Waals surface area contributed by atoms with Gasteiger partial charge >= 0.3 is 0 Å². The maximum Gasteiger partial charge on any atom is 0.220 e. The molecule has 1 aliphatic rings. The van der Waals surface area contributed by atoms with Crippen molar-refractivity contribution < 1.29 is 9.53 Å². The number of methoxy groups -OCH3 is 1. The van der Waals surface area contributed by atoms with E-state index in [2.05, 4.69) is 5.32 Å². The van der Waals surface area contributed by atoms with Crippen molar-refractivity contribution in [3.8, 4) is 5.75 Å². The molecule has 84 valence electrons. The zero-order valence-corrected chi connectivity index (χ0v) is 9.54. The van der Waals surface area contributed by atoms with Crippen molar-refractivity contribution in [3.63, 3.8) is 0 Å². The highest BCUT2D eigenvalue weighted by Crippen LogP contribution is 2.29. The van der Waals surface area contributed by atoms with Crippen LogP contribution >= 0.6 is 0 Å². The third kappa shape index (κ3) is 2.08. The Kier molecular flexibility index (Phi) is 2.95. The number of nitrogens with one attached hydrogen (secondary N) is 1. The Morgan fingerprint density at radius 3 is 2.88 bits per heavy atom. The molecule has 1 N–H and O–H groups in total. The van der Waals surface area contributed by atoms with Gasteiger partial charge in [0.2, 0.25) is 5.91 Å². The Labute approximate surface area is 95.1 Å². The molecule has 16 heavy (non-hydrogen) atoms. The van der Waals surface area contributed by atoms with Crippen LogP contribution in [-0.2, 0) is 11.2 Å². The Morgan fingerprint density at radius 1 is 1.38 bits per heavy atom. The van der Waals surface area contributed by atoms with Gasteiger partial charge in [-0.3, -0.25) is 4.79 Å². The summed E-state index contributed by atoms with van der Waals surface area (Å²) >= 11 is 0. The summed E-state index contributed by atoms with van der Waals surface area (Å²) in [5.41, 5.74) is 3.33. The molecule has 1 aromatic carbocycles. The Balaban J connectivity index is 2.33. The van der Waals surface area contributed by atoms with Gasteiger partial charge in [-0.15, -0.1) is 0 Å². The molecule has 0 bridgehead atoms. The second-order valence-corrected chi connectivity index (χ2v) is 3.88. The van der Waals surface area contributed by atoms with E-state index in [0.717, 1.165) is 29.9 Å². The van der Waals surface area contributed by atoms with E-state index < -0.39 is 0 Å². The van der Waals surface area contributed by atoms with E-state index >= 15 is 0 Å². The number of hydrogen-bond donors (Lipinski definition) is 1. The molecule has 0 atom stereocenters. The Hall–Kier alpha value is -1.77. The summed E-state index contributed by atoms with van der Waals surface area (Å²) in [6.07, 6.45) is 3.78. The van der Waals surface area contributed by atoms with Gasteiger partial charge in [0.05, 0.1) is 7.11 Å². The lowest BCUT2D eigenvalue weighted by Crippen LogP contribution is -2.21. The molecule has 0 fully saturated rings. The zero-order chi connectivity index (χ0) is 11.5. The predicted molar refractivity (Wildman–Crippen MR) is 63.1 cm³/mol. The van der Waals surface area contributed by atoms with Gasteiger partial charge in [0.15, 0.2) is 0 Å². The van der Waals surface area contributed by atoms with Gasteiger partial charge in [0, 0.05) is 18.2 Å². The second-order valence-electron chi connectivity index (χ2n) is 3.88. The maximum absolute atomic E-state index is 11.0. The highest BCUT2D eigenvalue weighted by molar-refractivity contribution is 5.77. The number of ether oxygens (including phenoxy) is 1. The summed E-state index contributed by atoms with van der Waals surface area (Å²) in [4.78, 5) is 11.0. The number of benzene rings is 1. The lowest BCUT2D eigenvalue weighted by molar-refractivity contribution is -0.118. The van der Waals surface area contributed by atoms with Gasteiger partial charge in [-0.1, -0.05) is 12.1 Å². The number of allylic oxidation sites excluding steroid dienone is 1. The molecule has 0 unspecified atom stereocenters. The van der Waals surface area contributed by atoms with Crippen LogP contribution in [-0.4, -0.2) is 13.0 Å². The van der Waals surface area contributed by atoms with E-state index in [1.807, 2.05) is 24.3 Å². The molecule has 3 nitrogen and oxygen atoms in total. The van der Waals surface area contributed by atoms with Crippen LogP contribution < -0.4 is 10.1 Å². The van der Waals surface area contributed by atoms with Crippen LogP contribution in [0.5, 0.6) is 5.75 Å². The van der Waals surface area contributed by atoms with E-state index in [1.54, 1.807) is 7.11 Å². The molecule has 0 heterocycles. The van der Waals surface area contributed by atoms with E-state index in [-0.39, 0.29) is 5.91 Å². The van der Waals surface area contributed by atoms with Crippen molar-refractivity contribution >= 4 is 12.0 Å². The third-order valence-electron chi connectivity index (χ3n) is 2.70. The van der Waals surface area contributed by atoms with Gasteiger partial charge in [-0.25, -0.2) is 0 Å². The third-order valence-corrected chi connectivity index (χ3v) is 2.70. The van der Waals surface area contributed by atoms with Crippen molar-refractivity contribution in [2.75, 3.05) is 7.11 Å². The van der Waals surface area contributed by atoms with Crippen molar-refractivity contribution in [2.24, 2.45) is 0 Å². The number of carbonyl (C=O) groups is 1. The lowest BCUT2D eigenvalue weighted by atomic mass is 9.94. The fourth-order valence-electron chi connectivity index (χ4n) is 2.02. The number of hydrogen-bond acceptors (Lipinski definition) is 2. The minimum atomic E-state index is -0.0161. The summed E-state index contributed by atoms with van der Waals surface area (Å²) in [6, 6.07) is 5.97. The van der Waals surface area contributed by atoms with Crippen molar-refractivity contribution in [1.29, 1.82) is 0 Å². The SMILES string of the molecule is COc1cccc2c1CCC(NC(C)=O)=C2.